The largest absolute Gasteiger partial charge is 0.481 e. The maximum absolute atomic E-state index is 11.5. The van der Waals surface area contributed by atoms with Crippen LogP contribution in [-0.4, -0.2) is 55.1 Å². The summed E-state index contributed by atoms with van der Waals surface area (Å²) in [6.07, 6.45) is 0.537. The molecule has 0 aromatic carbocycles. The lowest BCUT2D eigenvalue weighted by Crippen LogP contribution is -2.42. The number of nitrogens with zero attached hydrogens (tertiary/aromatic N) is 1. The number of carbonyl (C=O) groups excluding carboxylic acids is 1. The van der Waals surface area contributed by atoms with E-state index >= 15 is 0 Å². The van der Waals surface area contributed by atoms with Crippen LogP contribution in [0.25, 0.3) is 0 Å². The molecule has 6 nitrogen and oxygen atoms in total. The third-order valence-corrected chi connectivity index (χ3v) is 2.55. The smallest absolute Gasteiger partial charge is 0.303 e. The van der Waals surface area contributed by atoms with Crippen molar-refractivity contribution in [3.05, 3.63) is 0 Å². The van der Waals surface area contributed by atoms with Gasteiger partial charge in [0.2, 0.25) is 5.91 Å². The monoisotopic (exact) mass is 259 g/mol. The Labute approximate surface area is 109 Å². The Morgan fingerprint density at radius 1 is 1.39 bits per heavy atom. The van der Waals surface area contributed by atoms with Gasteiger partial charge < -0.3 is 16.2 Å². The van der Waals surface area contributed by atoms with Crippen LogP contribution < -0.4 is 11.1 Å². The Morgan fingerprint density at radius 2 is 2.00 bits per heavy atom. The Bertz CT molecular complexity index is 280. The summed E-state index contributed by atoms with van der Waals surface area (Å²) in [5, 5.41) is 11.1. The fourth-order valence-electron chi connectivity index (χ4n) is 1.62. The van der Waals surface area contributed by atoms with Crippen LogP contribution in [0.3, 0.4) is 0 Å². The first-order chi connectivity index (χ1) is 8.26. The van der Waals surface area contributed by atoms with E-state index in [0.29, 0.717) is 26.1 Å². The summed E-state index contributed by atoms with van der Waals surface area (Å²) < 4.78 is 0. The number of aliphatic carboxylic acids is 1. The van der Waals surface area contributed by atoms with Crippen molar-refractivity contribution in [1.82, 2.24) is 10.2 Å². The predicted molar refractivity (Wildman–Crippen MR) is 70.2 cm³/mol. The van der Waals surface area contributed by atoms with Crippen molar-refractivity contribution in [2.24, 2.45) is 11.1 Å². The van der Waals surface area contributed by atoms with Gasteiger partial charge in [0.15, 0.2) is 0 Å². The Balaban J connectivity index is 3.77. The summed E-state index contributed by atoms with van der Waals surface area (Å²) in [5.41, 5.74) is 5.61. The second-order valence-electron chi connectivity index (χ2n) is 5.39. The molecule has 0 aromatic rings. The quantitative estimate of drug-likeness (QED) is 0.502. The lowest BCUT2D eigenvalue weighted by Gasteiger charge is -2.28. The van der Waals surface area contributed by atoms with E-state index < -0.39 is 5.97 Å². The van der Waals surface area contributed by atoms with Gasteiger partial charge in [-0.25, -0.2) is 0 Å². The number of amides is 1. The first-order valence-electron chi connectivity index (χ1n) is 6.14. The predicted octanol–water partition coefficient (Wildman–Crippen LogP) is -0.116. The number of hydrogen-bond donors (Lipinski definition) is 3. The summed E-state index contributed by atoms with van der Waals surface area (Å²) >= 11 is 0. The number of carbonyl (C=O) groups is 2. The van der Waals surface area contributed by atoms with Crippen LogP contribution in [0.1, 0.15) is 26.7 Å². The van der Waals surface area contributed by atoms with Gasteiger partial charge >= 0.3 is 5.97 Å². The van der Waals surface area contributed by atoms with Crippen molar-refractivity contribution in [3.8, 4) is 0 Å². The Kier molecular flexibility index (Phi) is 7.54. The number of carboxylic acids is 1. The summed E-state index contributed by atoms with van der Waals surface area (Å²) in [6.45, 7) is 6.11. The molecule has 0 spiro atoms. The molecule has 0 heterocycles. The van der Waals surface area contributed by atoms with Crippen LogP contribution in [-0.2, 0) is 9.59 Å². The summed E-state index contributed by atoms with van der Waals surface area (Å²) in [6, 6.07) is 0. The number of carboxylic acid groups (broad SMARTS) is 1. The average molecular weight is 259 g/mol. The molecule has 106 valence electrons. The number of rotatable bonds is 9. The third kappa shape index (κ3) is 8.95. The molecule has 0 saturated heterocycles. The summed E-state index contributed by atoms with van der Waals surface area (Å²) in [7, 11) is 1.87. The Morgan fingerprint density at radius 3 is 2.50 bits per heavy atom. The van der Waals surface area contributed by atoms with Gasteiger partial charge in [-0.05, 0) is 25.4 Å². The van der Waals surface area contributed by atoms with Crippen molar-refractivity contribution in [1.29, 1.82) is 0 Å². The fraction of sp³-hybridized carbons (Fsp3) is 0.833. The van der Waals surface area contributed by atoms with Crippen LogP contribution >= 0.6 is 0 Å². The molecule has 0 radical (unpaired) electrons. The normalized spacial score (nSPS) is 11.6. The van der Waals surface area contributed by atoms with Crippen LogP contribution in [0.15, 0.2) is 0 Å². The van der Waals surface area contributed by atoms with Crippen LogP contribution in [0, 0.1) is 5.41 Å². The van der Waals surface area contributed by atoms with Gasteiger partial charge in [-0.3, -0.25) is 14.5 Å². The first kappa shape index (κ1) is 16.9. The van der Waals surface area contributed by atoms with Gasteiger partial charge in [-0.1, -0.05) is 13.8 Å². The maximum atomic E-state index is 11.5. The van der Waals surface area contributed by atoms with Gasteiger partial charge in [-0.15, -0.1) is 0 Å². The molecule has 0 bridgehead atoms. The van der Waals surface area contributed by atoms with E-state index in [-0.39, 0.29) is 17.7 Å². The molecule has 4 N–H and O–H groups in total. The van der Waals surface area contributed by atoms with E-state index in [2.05, 4.69) is 5.32 Å². The highest BCUT2D eigenvalue weighted by atomic mass is 16.4. The molecule has 0 unspecified atom stereocenters. The van der Waals surface area contributed by atoms with E-state index in [9.17, 15) is 9.59 Å². The maximum Gasteiger partial charge on any atom is 0.303 e. The molecule has 18 heavy (non-hydrogen) atoms. The minimum atomic E-state index is -0.842. The van der Waals surface area contributed by atoms with E-state index in [1.54, 1.807) is 0 Å². The standard InChI is InChI=1S/C12H25N3O3/c1-12(2,8-13)9-15(3)7-10(16)14-6-4-5-11(17)18/h4-9,13H2,1-3H3,(H,14,16)(H,17,18). The second-order valence-corrected chi connectivity index (χ2v) is 5.39. The number of hydrogen-bond acceptors (Lipinski definition) is 4. The van der Waals surface area contributed by atoms with E-state index in [1.165, 1.54) is 0 Å². The van der Waals surface area contributed by atoms with E-state index in [4.69, 9.17) is 10.8 Å². The molecule has 0 aliphatic heterocycles. The molecule has 1 amide bonds. The first-order valence-corrected chi connectivity index (χ1v) is 6.14. The Hall–Kier alpha value is -1.14. The lowest BCUT2D eigenvalue weighted by molar-refractivity contribution is -0.137. The SMILES string of the molecule is CN(CC(=O)NCCCC(=O)O)CC(C)(C)CN. The lowest BCUT2D eigenvalue weighted by atomic mass is 9.93. The van der Waals surface area contributed by atoms with Gasteiger partial charge in [0.1, 0.15) is 0 Å². The third-order valence-electron chi connectivity index (χ3n) is 2.55. The van der Waals surface area contributed by atoms with Crippen molar-refractivity contribution < 1.29 is 14.7 Å². The van der Waals surface area contributed by atoms with E-state index in [1.807, 2.05) is 25.8 Å². The molecule has 0 aliphatic rings. The molecule has 0 saturated carbocycles. The van der Waals surface area contributed by atoms with Crippen molar-refractivity contribution in [2.75, 3.05) is 33.2 Å². The van der Waals surface area contributed by atoms with Gasteiger partial charge in [0, 0.05) is 19.5 Å². The molecule has 0 rings (SSSR count). The highest BCUT2D eigenvalue weighted by Crippen LogP contribution is 2.13. The highest BCUT2D eigenvalue weighted by molar-refractivity contribution is 5.78. The van der Waals surface area contributed by atoms with E-state index in [0.717, 1.165) is 6.54 Å². The van der Waals surface area contributed by atoms with Crippen LogP contribution in [0.2, 0.25) is 0 Å². The second kappa shape index (κ2) is 8.05. The van der Waals surface area contributed by atoms with Crippen LogP contribution in [0.4, 0.5) is 0 Å². The number of nitrogens with two attached hydrogens (primary N) is 1. The molecule has 0 atom stereocenters. The molecular formula is C12H25N3O3. The fourth-order valence-corrected chi connectivity index (χ4v) is 1.62. The van der Waals surface area contributed by atoms with Gasteiger partial charge in [-0.2, -0.15) is 0 Å². The van der Waals surface area contributed by atoms with Crippen molar-refractivity contribution in [3.63, 3.8) is 0 Å². The molecule has 0 fully saturated rings. The van der Waals surface area contributed by atoms with Gasteiger partial charge in [0.25, 0.3) is 0 Å². The minimum absolute atomic E-state index is 0.0155. The molecule has 6 heteroatoms. The molecule has 0 aromatic heterocycles. The molecule has 0 aliphatic carbocycles. The topological polar surface area (TPSA) is 95.7 Å². The number of likely N-dealkylation sites (N-methyl/N-ethyl adjacent to an activating group) is 1. The zero-order chi connectivity index (χ0) is 14.2. The summed E-state index contributed by atoms with van der Waals surface area (Å²) in [5.74, 6) is -0.929. The highest BCUT2D eigenvalue weighted by Gasteiger charge is 2.19. The van der Waals surface area contributed by atoms with Crippen LogP contribution in [0.5, 0.6) is 0 Å². The zero-order valence-corrected chi connectivity index (χ0v) is 11.5. The molecular weight excluding hydrogens is 234 g/mol. The van der Waals surface area contributed by atoms with Crippen molar-refractivity contribution >= 4 is 11.9 Å². The van der Waals surface area contributed by atoms with Gasteiger partial charge in [0.05, 0.1) is 6.54 Å². The zero-order valence-electron chi connectivity index (χ0n) is 11.5. The minimum Gasteiger partial charge on any atom is -0.481 e. The van der Waals surface area contributed by atoms with Crippen molar-refractivity contribution in [2.45, 2.75) is 26.7 Å². The number of nitrogens with one attached hydrogen (secondary N) is 1. The summed E-state index contributed by atoms with van der Waals surface area (Å²) in [4.78, 5) is 23.7. The average Bonchev–Trinajstić information content (AvgIpc) is 2.23.